The van der Waals surface area contributed by atoms with E-state index in [0.29, 0.717) is 12.1 Å². The number of rotatable bonds is 4. The van der Waals surface area contributed by atoms with Gasteiger partial charge < -0.3 is 5.32 Å². The third kappa shape index (κ3) is 4.12. The summed E-state index contributed by atoms with van der Waals surface area (Å²) in [6, 6.07) is 15.5. The highest BCUT2D eigenvalue weighted by Crippen LogP contribution is 2.23. The van der Waals surface area contributed by atoms with E-state index >= 15 is 0 Å². The van der Waals surface area contributed by atoms with Crippen LogP contribution < -0.4 is 5.32 Å². The van der Waals surface area contributed by atoms with E-state index in [4.69, 9.17) is 0 Å². The SMILES string of the molecule is CC(C)(C)c1ccc(C(=O)Nc2ccccc2Cn2cncn2)cc1. The van der Waals surface area contributed by atoms with Gasteiger partial charge >= 0.3 is 0 Å². The second kappa shape index (κ2) is 6.89. The molecule has 128 valence electrons. The number of carbonyl (C=O) groups excluding carboxylic acids is 1. The third-order valence-corrected chi connectivity index (χ3v) is 4.08. The molecule has 0 saturated carbocycles. The molecular weight excluding hydrogens is 312 g/mol. The number of hydrogen-bond acceptors (Lipinski definition) is 3. The summed E-state index contributed by atoms with van der Waals surface area (Å²) in [5.41, 5.74) is 3.68. The lowest BCUT2D eigenvalue weighted by atomic mass is 9.87. The molecule has 2 aromatic carbocycles. The van der Waals surface area contributed by atoms with Crippen LogP contribution in [0.5, 0.6) is 0 Å². The lowest BCUT2D eigenvalue weighted by Crippen LogP contribution is -2.15. The predicted octanol–water partition coefficient (Wildman–Crippen LogP) is 3.88. The van der Waals surface area contributed by atoms with E-state index in [0.717, 1.165) is 11.3 Å². The smallest absolute Gasteiger partial charge is 0.255 e. The van der Waals surface area contributed by atoms with E-state index in [-0.39, 0.29) is 11.3 Å². The van der Waals surface area contributed by atoms with Gasteiger partial charge in [0.1, 0.15) is 12.7 Å². The van der Waals surface area contributed by atoms with Crippen LogP contribution in [0.25, 0.3) is 0 Å². The molecule has 0 aliphatic carbocycles. The lowest BCUT2D eigenvalue weighted by molar-refractivity contribution is 0.102. The monoisotopic (exact) mass is 334 g/mol. The van der Waals surface area contributed by atoms with Crippen molar-refractivity contribution in [2.75, 3.05) is 5.32 Å². The highest BCUT2D eigenvalue weighted by atomic mass is 16.1. The van der Waals surface area contributed by atoms with Gasteiger partial charge in [-0.15, -0.1) is 0 Å². The first-order valence-electron chi connectivity index (χ1n) is 8.26. The van der Waals surface area contributed by atoms with Gasteiger partial charge in [0.25, 0.3) is 5.91 Å². The number of anilines is 1. The second-order valence-electron chi connectivity index (χ2n) is 7.03. The average molecular weight is 334 g/mol. The van der Waals surface area contributed by atoms with Crippen LogP contribution in [0.4, 0.5) is 5.69 Å². The lowest BCUT2D eigenvalue weighted by Gasteiger charge is -2.19. The first kappa shape index (κ1) is 16.9. The normalized spacial score (nSPS) is 11.3. The number of benzene rings is 2. The van der Waals surface area contributed by atoms with Crippen molar-refractivity contribution in [1.29, 1.82) is 0 Å². The maximum Gasteiger partial charge on any atom is 0.255 e. The molecule has 5 nitrogen and oxygen atoms in total. The van der Waals surface area contributed by atoms with Crippen LogP contribution in [0.2, 0.25) is 0 Å². The number of aromatic nitrogens is 3. The maximum atomic E-state index is 12.6. The van der Waals surface area contributed by atoms with Crippen molar-refractivity contribution in [1.82, 2.24) is 14.8 Å². The Balaban J connectivity index is 1.77. The Morgan fingerprint density at radius 1 is 1.08 bits per heavy atom. The minimum atomic E-state index is -0.119. The topological polar surface area (TPSA) is 59.8 Å². The minimum absolute atomic E-state index is 0.0689. The van der Waals surface area contributed by atoms with Crippen LogP contribution in [0, 0.1) is 0 Å². The van der Waals surface area contributed by atoms with E-state index in [1.54, 1.807) is 11.0 Å². The molecule has 5 heteroatoms. The molecule has 1 N–H and O–H groups in total. The number of para-hydroxylation sites is 1. The molecule has 25 heavy (non-hydrogen) atoms. The number of hydrogen-bond donors (Lipinski definition) is 1. The van der Waals surface area contributed by atoms with E-state index in [2.05, 4.69) is 36.2 Å². The van der Waals surface area contributed by atoms with Crippen LogP contribution in [0.15, 0.2) is 61.2 Å². The molecule has 1 amide bonds. The van der Waals surface area contributed by atoms with E-state index in [1.165, 1.54) is 11.9 Å². The zero-order chi connectivity index (χ0) is 17.9. The molecule has 0 aliphatic heterocycles. The van der Waals surface area contributed by atoms with Crippen LogP contribution >= 0.6 is 0 Å². The molecule has 0 aliphatic rings. The van der Waals surface area contributed by atoms with Crippen molar-refractivity contribution in [2.24, 2.45) is 0 Å². The van der Waals surface area contributed by atoms with Crippen LogP contribution in [0.1, 0.15) is 42.3 Å². The number of nitrogens with zero attached hydrogens (tertiary/aromatic N) is 3. The van der Waals surface area contributed by atoms with E-state index < -0.39 is 0 Å². The summed E-state index contributed by atoms with van der Waals surface area (Å²) < 4.78 is 1.73. The zero-order valence-electron chi connectivity index (χ0n) is 14.7. The number of carbonyl (C=O) groups is 1. The van der Waals surface area contributed by atoms with Gasteiger partial charge in [0, 0.05) is 11.3 Å². The number of amides is 1. The molecule has 0 saturated heterocycles. The largest absolute Gasteiger partial charge is 0.322 e. The Hall–Kier alpha value is -2.95. The Morgan fingerprint density at radius 3 is 2.44 bits per heavy atom. The van der Waals surface area contributed by atoms with Gasteiger partial charge in [-0.3, -0.25) is 4.79 Å². The third-order valence-electron chi connectivity index (χ3n) is 4.08. The van der Waals surface area contributed by atoms with Crippen molar-refractivity contribution in [3.8, 4) is 0 Å². The molecule has 0 bridgehead atoms. The summed E-state index contributed by atoms with van der Waals surface area (Å²) in [4.78, 5) is 16.5. The molecule has 0 atom stereocenters. The predicted molar refractivity (Wildman–Crippen MR) is 98.7 cm³/mol. The fourth-order valence-corrected chi connectivity index (χ4v) is 2.59. The summed E-state index contributed by atoms with van der Waals surface area (Å²) in [6.45, 7) is 7.02. The zero-order valence-corrected chi connectivity index (χ0v) is 14.7. The maximum absolute atomic E-state index is 12.6. The quantitative estimate of drug-likeness (QED) is 0.788. The van der Waals surface area contributed by atoms with E-state index in [1.807, 2.05) is 48.5 Å². The molecule has 0 unspecified atom stereocenters. The molecule has 3 rings (SSSR count). The molecule has 1 heterocycles. The summed E-state index contributed by atoms with van der Waals surface area (Å²) >= 11 is 0. The Kier molecular flexibility index (Phi) is 4.65. The average Bonchev–Trinajstić information content (AvgIpc) is 3.09. The highest BCUT2D eigenvalue weighted by molar-refractivity contribution is 6.04. The Morgan fingerprint density at radius 2 is 1.80 bits per heavy atom. The standard InChI is InChI=1S/C20H22N4O/c1-20(2,3)17-10-8-15(9-11-17)19(25)23-18-7-5-4-6-16(18)12-24-14-21-13-22-24/h4-11,13-14H,12H2,1-3H3,(H,23,25). The van der Waals surface area contributed by atoms with Crippen molar-refractivity contribution in [2.45, 2.75) is 32.7 Å². The molecular formula is C20H22N4O. The minimum Gasteiger partial charge on any atom is -0.322 e. The van der Waals surface area contributed by atoms with Gasteiger partial charge in [0.05, 0.1) is 6.54 Å². The molecule has 0 fully saturated rings. The fourth-order valence-electron chi connectivity index (χ4n) is 2.59. The van der Waals surface area contributed by atoms with Crippen molar-refractivity contribution >= 4 is 11.6 Å². The summed E-state index contributed by atoms with van der Waals surface area (Å²) in [5.74, 6) is -0.119. The van der Waals surface area contributed by atoms with Crippen molar-refractivity contribution < 1.29 is 4.79 Å². The van der Waals surface area contributed by atoms with Gasteiger partial charge in [0.2, 0.25) is 0 Å². The second-order valence-corrected chi connectivity index (χ2v) is 7.03. The van der Waals surface area contributed by atoms with Gasteiger partial charge in [-0.05, 0) is 34.7 Å². The van der Waals surface area contributed by atoms with Crippen LogP contribution in [-0.4, -0.2) is 20.7 Å². The Labute approximate surface area is 147 Å². The van der Waals surface area contributed by atoms with Crippen molar-refractivity contribution in [3.63, 3.8) is 0 Å². The van der Waals surface area contributed by atoms with Gasteiger partial charge in [-0.2, -0.15) is 5.10 Å². The van der Waals surface area contributed by atoms with Crippen molar-refractivity contribution in [3.05, 3.63) is 77.9 Å². The van der Waals surface area contributed by atoms with Gasteiger partial charge in [-0.25, -0.2) is 9.67 Å². The molecule has 1 aromatic heterocycles. The summed E-state index contributed by atoms with van der Waals surface area (Å²) in [5, 5.41) is 7.11. The molecule has 0 spiro atoms. The van der Waals surface area contributed by atoms with Crippen LogP contribution in [0.3, 0.4) is 0 Å². The summed E-state index contributed by atoms with van der Waals surface area (Å²) in [7, 11) is 0. The van der Waals surface area contributed by atoms with E-state index in [9.17, 15) is 4.79 Å². The fraction of sp³-hybridized carbons (Fsp3) is 0.250. The van der Waals surface area contributed by atoms with Gasteiger partial charge in [0.15, 0.2) is 0 Å². The summed E-state index contributed by atoms with van der Waals surface area (Å²) in [6.07, 6.45) is 3.15. The Bertz CT molecular complexity index is 846. The molecule has 3 aromatic rings. The first-order chi connectivity index (χ1) is 11.9. The van der Waals surface area contributed by atoms with Crippen LogP contribution in [-0.2, 0) is 12.0 Å². The number of nitrogens with one attached hydrogen (secondary N) is 1. The highest BCUT2D eigenvalue weighted by Gasteiger charge is 2.15. The molecule has 0 radical (unpaired) electrons. The first-order valence-corrected chi connectivity index (χ1v) is 8.26. The van der Waals surface area contributed by atoms with Gasteiger partial charge in [-0.1, -0.05) is 51.1 Å².